The zero-order valence-electron chi connectivity index (χ0n) is 21.0. The van der Waals surface area contributed by atoms with Crippen molar-refractivity contribution in [2.24, 2.45) is 0 Å². The average Bonchev–Trinajstić information content (AvgIpc) is 3.37. The maximum absolute atomic E-state index is 13.2. The molecule has 2 N–H and O–H groups in total. The van der Waals surface area contributed by atoms with E-state index >= 15 is 0 Å². The van der Waals surface area contributed by atoms with Crippen LogP contribution in [0.1, 0.15) is 21.5 Å². The van der Waals surface area contributed by atoms with Crippen LogP contribution >= 0.6 is 0 Å². The molecule has 0 radical (unpaired) electrons. The molecule has 9 nitrogen and oxygen atoms in total. The monoisotopic (exact) mass is 499 g/mol. The molecule has 0 unspecified atom stereocenters. The highest BCUT2D eigenvalue weighted by Gasteiger charge is 2.16. The number of hydrogen-bond acceptors (Lipinski definition) is 8. The molecule has 0 aliphatic rings. The summed E-state index contributed by atoms with van der Waals surface area (Å²) in [6.45, 7) is 0.809. The molecule has 0 saturated heterocycles. The number of methoxy groups -OCH3 is 3. The van der Waals surface area contributed by atoms with Crippen LogP contribution in [0.4, 0.5) is 11.9 Å². The number of ether oxygens (including phenoxy) is 3. The van der Waals surface area contributed by atoms with E-state index in [1.54, 1.807) is 27.4 Å². The summed E-state index contributed by atoms with van der Waals surface area (Å²) < 4.78 is 17.5. The van der Waals surface area contributed by atoms with Gasteiger partial charge in [0.2, 0.25) is 11.9 Å². The van der Waals surface area contributed by atoms with Crippen LogP contribution < -0.4 is 24.8 Å². The van der Waals surface area contributed by atoms with Gasteiger partial charge in [-0.2, -0.15) is 9.67 Å². The number of rotatable bonds is 11. The molecule has 0 atom stereocenters. The van der Waals surface area contributed by atoms with Gasteiger partial charge in [0.25, 0.3) is 5.91 Å². The Morgan fingerprint density at radius 1 is 0.784 bits per heavy atom. The van der Waals surface area contributed by atoms with E-state index in [0.29, 0.717) is 30.7 Å². The number of para-hydroxylation sites is 3. The Bertz CT molecular complexity index is 1380. The summed E-state index contributed by atoms with van der Waals surface area (Å²) >= 11 is 0. The van der Waals surface area contributed by atoms with Gasteiger partial charge in [-0.1, -0.05) is 54.6 Å². The topological polar surface area (TPSA) is 99.5 Å². The Morgan fingerprint density at radius 2 is 1.32 bits per heavy atom. The Balaban J connectivity index is 1.58. The van der Waals surface area contributed by atoms with Crippen LogP contribution in [0.15, 0.2) is 78.9 Å². The molecular formula is C28H29N5O4. The number of allylic oxidation sites excluding steroid dienone is 1. The fourth-order valence-corrected chi connectivity index (χ4v) is 3.74. The molecule has 0 spiro atoms. The van der Waals surface area contributed by atoms with Crippen molar-refractivity contribution in [1.82, 2.24) is 14.8 Å². The van der Waals surface area contributed by atoms with Gasteiger partial charge in [-0.25, -0.2) is 0 Å². The van der Waals surface area contributed by atoms with Crippen LogP contribution in [0.3, 0.4) is 0 Å². The minimum Gasteiger partial charge on any atom is -0.496 e. The molecular weight excluding hydrogens is 470 g/mol. The van der Waals surface area contributed by atoms with Crippen molar-refractivity contribution in [1.29, 1.82) is 0 Å². The number of carbonyl (C=O) groups is 1. The van der Waals surface area contributed by atoms with Crippen molar-refractivity contribution < 1.29 is 19.0 Å². The molecule has 0 bridgehead atoms. The highest BCUT2D eigenvalue weighted by atomic mass is 16.5. The molecule has 0 aliphatic carbocycles. The first-order chi connectivity index (χ1) is 18.1. The molecule has 0 amide bonds. The zero-order chi connectivity index (χ0) is 26.0. The van der Waals surface area contributed by atoms with E-state index in [0.717, 1.165) is 28.2 Å². The smallest absolute Gasteiger partial charge is 0.274 e. The predicted molar refractivity (Wildman–Crippen MR) is 143 cm³/mol. The number of aromatic nitrogens is 3. The van der Waals surface area contributed by atoms with Gasteiger partial charge in [0.05, 0.1) is 21.3 Å². The normalized spacial score (nSPS) is 10.8. The lowest BCUT2D eigenvalue weighted by molar-refractivity contribution is 0.0957. The van der Waals surface area contributed by atoms with E-state index in [2.05, 4.69) is 20.7 Å². The second-order valence-corrected chi connectivity index (χ2v) is 7.92. The average molecular weight is 500 g/mol. The second kappa shape index (κ2) is 12.3. The van der Waals surface area contributed by atoms with E-state index < -0.39 is 0 Å². The molecule has 4 aromatic rings. The van der Waals surface area contributed by atoms with E-state index in [-0.39, 0.29) is 5.91 Å². The first-order valence-electron chi connectivity index (χ1n) is 11.7. The van der Waals surface area contributed by atoms with Gasteiger partial charge >= 0.3 is 0 Å². The van der Waals surface area contributed by atoms with Crippen molar-refractivity contribution in [2.45, 2.75) is 13.1 Å². The van der Waals surface area contributed by atoms with Gasteiger partial charge in [-0.15, -0.1) is 5.10 Å². The molecule has 1 heterocycles. The zero-order valence-corrected chi connectivity index (χ0v) is 21.0. The quantitative estimate of drug-likeness (QED) is 0.282. The van der Waals surface area contributed by atoms with Crippen LogP contribution in [0.2, 0.25) is 0 Å². The first-order valence-corrected chi connectivity index (χ1v) is 11.7. The lowest BCUT2D eigenvalue weighted by atomic mass is 10.2. The molecule has 9 heteroatoms. The Labute approximate surface area is 215 Å². The number of benzene rings is 3. The van der Waals surface area contributed by atoms with Gasteiger partial charge in [-0.3, -0.25) is 4.79 Å². The second-order valence-electron chi connectivity index (χ2n) is 7.92. The van der Waals surface area contributed by atoms with Crippen LogP contribution in [0.25, 0.3) is 6.08 Å². The van der Waals surface area contributed by atoms with E-state index in [1.165, 1.54) is 10.8 Å². The standard InChI is InChI=1S/C28H29N5O4/c1-35-23-13-7-4-10-20(23)16-17-26(34)33-28(30-19-22-12-6-9-15-25(22)37-3)31-27(32-33)29-18-21-11-5-8-14-24(21)36-2/h4-17H,18-19H2,1-3H3,(H2,29,30,31,32). The maximum atomic E-state index is 13.2. The number of hydrogen-bond donors (Lipinski definition) is 2. The van der Waals surface area contributed by atoms with E-state index in [9.17, 15) is 4.79 Å². The third-order valence-corrected chi connectivity index (χ3v) is 5.62. The molecule has 4 rings (SSSR count). The fraction of sp³-hybridized carbons (Fsp3) is 0.179. The van der Waals surface area contributed by atoms with Gasteiger partial charge in [0, 0.05) is 35.9 Å². The molecule has 0 saturated carbocycles. The lowest BCUT2D eigenvalue weighted by Crippen LogP contribution is -2.15. The first kappa shape index (κ1) is 25.3. The number of nitrogens with one attached hydrogen (secondary N) is 2. The third-order valence-electron chi connectivity index (χ3n) is 5.62. The highest BCUT2D eigenvalue weighted by Crippen LogP contribution is 2.22. The summed E-state index contributed by atoms with van der Waals surface area (Å²) in [7, 11) is 4.83. The molecule has 190 valence electrons. The van der Waals surface area contributed by atoms with Crippen molar-refractivity contribution in [3.63, 3.8) is 0 Å². The van der Waals surface area contributed by atoms with E-state index in [4.69, 9.17) is 14.2 Å². The molecule has 1 aromatic heterocycles. The lowest BCUT2D eigenvalue weighted by Gasteiger charge is -2.09. The van der Waals surface area contributed by atoms with Gasteiger partial charge in [0.15, 0.2) is 0 Å². The predicted octanol–water partition coefficient (Wildman–Crippen LogP) is 4.88. The molecule has 3 aromatic carbocycles. The van der Waals surface area contributed by atoms with Crippen molar-refractivity contribution in [2.75, 3.05) is 32.0 Å². The number of nitrogens with zero attached hydrogens (tertiary/aromatic N) is 3. The highest BCUT2D eigenvalue weighted by molar-refractivity contribution is 5.95. The summed E-state index contributed by atoms with van der Waals surface area (Å²) in [5, 5.41) is 10.8. The minimum atomic E-state index is -0.369. The Kier molecular flexibility index (Phi) is 8.38. The molecule has 0 aliphatic heterocycles. The SMILES string of the molecule is COc1ccccc1C=CC(=O)n1nc(NCc2ccccc2OC)nc1NCc1ccccc1OC. The van der Waals surface area contributed by atoms with Gasteiger partial charge in [-0.05, 0) is 24.3 Å². The van der Waals surface area contributed by atoms with E-state index in [1.807, 2.05) is 72.8 Å². The van der Waals surface area contributed by atoms with Crippen molar-refractivity contribution >= 4 is 23.9 Å². The van der Waals surface area contributed by atoms with Crippen LogP contribution in [-0.4, -0.2) is 42.0 Å². The summed E-state index contributed by atoms with van der Waals surface area (Å²) in [6, 6.07) is 22.8. The van der Waals surface area contributed by atoms with Crippen LogP contribution in [-0.2, 0) is 13.1 Å². The van der Waals surface area contributed by atoms with Crippen molar-refractivity contribution in [3.8, 4) is 17.2 Å². The van der Waals surface area contributed by atoms with Crippen molar-refractivity contribution in [3.05, 3.63) is 95.6 Å². The van der Waals surface area contributed by atoms with Crippen LogP contribution in [0.5, 0.6) is 17.2 Å². The number of carbonyl (C=O) groups excluding carboxylic acids is 1. The maximum Gasteiger partial charge on any atom is 0.274 e. The summed E-state index contributed by atoms with van der Waals surface area (Å²) in [5.74, 6) is 2.37. The summed E-state index contributed by atoms with van der Waals surface area (Å²) in [6.07, 6.45) is 3.12. The third kappa shape index (κ3) is 6.26. The summed E-state index contributed by atoms with van der Waals surface area (Å²) in [5.41, 5.74) is 2.63. The van der Waals surface area contributed by atoms with Gasteiger partial charge < -0.3 is 24.8 Å². The minimum absolute atomic E-state index is 0.295. The summed E-state index contributed by atoms with van der Waals surface area (Å²) in [4.78, 5) is 17.7. The van der Waals surface area contributed by atoms with Gasteiger partial charge in [0.1, 0.15) is 17.2 Å². The van der Waals surface area contributed by atoms with Crippen LogP contribution in [0, 0.1) is 0 Å². The fourth-order valence-electron chi connectivity index (χ4n) is 3.74. The largest absolute Gasteiger partial charge is 0.496 e. The molecule has 37 heavy (non-hydrogen) atoms. The molecule has 0 fully saturated rings. The number of anilines is 2. The Morgan fingerprint density at radius 3 is 1.95 bits per heavy atom. The Hall–Kier alpha value is -4.79.